The zero-order valence-corrected chi connectivity index (χ0v) is 15.6. The molecule has 0 fully saturated rings. The summed E-state index contributed by atoms with van der Waals surface area (Å²) >= 11 is 0. The molecule has 0 bridgehead atoms. The molecule has 0 aliphatic carbocycles. The lowest BCUT2D eigenvalue weighted by atomic mass is 10.2. The lowest BCUT2D eigenvalue weighted by Gasteiger charge is -2.36. The average Bonchev–Trinajstić information content (AvgIpc) is 2.64. The van der Waals surface area contributed by atoms with Crippen molar-refractivity contribution in [3.8, 4) is 11.8 Å². The minimum atomic E-state index is 0.912. The van der Waals surface area contributed by atoms with Crippen molar-refractivity contribution >= 4 is 6.08 Å². The van der Waals surface area contributed by atoms with Gasteiger partial charge in [-0.15, -0.1) is 0 Å². The standard InChI is InChI=1S/C24H30N/c1-3-19-25(20-4-2,21-11-17-23-13-7-5-8-14-23)22-12-18-24-15-9-6-10-16-24/h5-11,13-17H,3-4,19-22H2,1-2H3/q+1/b17-11+. The van der Waals surface area contributed by atoms with Crippen molar-refractivity contribution in [1.82, 2.24) is 0 Å². The molecule has 0 aromatic heterocycles. The Balaban J connectivity index is 2.09. The molecule has 1 nitrogen and oxygen atoms in total. The van der Waals surface area contributed by atoms with Gasteiger partial charge < -0.3 is 4.48 Å². The molecule has 0 aliphatic heterocycles. The molecule has 0 saturated carbocycles. The number of quaternary nitrogens is 1. The summed E-state index contributed by atoms with van der Waals surface area (Å²) in [5.74, 6) is 6.78. The monoisotopic (exact) mass is 332 g/mol. The first kappa shape index (κ1) is 19.0. The van der Waals surface area contributed by atoms with Gasteiger partial charge in [0.05, 0.1) is 19.6 Å². The zero-order valence-electron chi connectivity index (χ0n) is 15.6. The molecule has 0 radical (unpaired) electrons. The van der Waals surface area contributed by atoms with Crippen LogP contribution in [0.2, 0.25) is 0 Å². The molecule has 130 valence electrons. The smallest absolute Gasteiger partial charge is 0.141 e. The zero-order chi connectivity index (χ0) is 17.8. The van der Waals surface area contributed by atoms with Crippen molar-refractivity contribution in [1.29, 1.82) is 0 Å². The van der Waals surface area contributed by atoms with Gasteiger partial charge in [-0.1, -0.05) is 74.4 Å². The van der Waals surface area contributed by atoms with E-state index < -0.39 is 0 Å². The molecule has 0 heterocycles. The fourth-order valence-electron chi connectivity index (χ4n) is 3.27. The van der Waals surface area contributed by atoms with Gasteiger partial charge in [0.15, 0.2) is 0 Å². The lowest BCUT2D eigenvalue weighted by Crippen LogP contribution is -2.49. The number of nitrogens with zero attached hydrogens (tertiary/aromatic N) is 1. The largest absolute Gasteiger partial charge is 0.310 e. The van der Waals surface area contributed by atoms with E-state index in [1.807, 2.05) is 18.2 Å². The van der Waals surface area contributed by atoms with Gasteiger partial charge in [-0.05, 0) is 42.5 Å². The van der Waals surface area contributed by atoms with Gasteiger partial charge in [0.1, 0.15) is 6.54 Å². The lowest BCUT2D eigenvalue weighted by molar-refractivity contribution is -0.916. The van der Waals surface area contributed by atoms with Crippen LogP contribution >= 0.6 is 0 Å². The van der Waals surface area contributed by atoms with Crippen LogP contribution in [0, 0.1) is 11.8 Å². The van der Waals surface area contributed by atoms with E-state index in [1.54, 1.807) is 0 Å². The van der Waals surface area contributed by atoms with Crippen LogP contribution in [0.25, 0.3) is 6.08 Å². The number of benzene rings is 2. The summed E-state index contributed by atoms with van der Waals surface area (Å²) in [6.45, 7) is 8.85. The fraction of sp³-hybridized carbons (Fsp3) is 0.333. The number of hydrogen-bond donors (Lipinski definition) is 0. The minimum Gasteiger partial charge on any atom is -0.310 e. The molecule has 1 heteroatoms. The van der Waals surface area contributed by atoms with Gasteiger partial charge in [0, 0.05) is 5.56 Å². The summed E-state index contributed by atoms with van der Waals surface area (Å²) in [4.78, 5) is 0. The van der Waals surface area contributed by atoms with Crippen LogP contribution in [0.1, 0.15) is 37.8 Å². The summed E-state index contributed by atoms with van der Waals surface area (Å²) in [6.07, 6.45) is 6.94. The molecular formula is C24H30N+. The molecule has 2 rings (SSSR count). The van der Waals surface area contributed by atoms with E-state index in [4.69, 9.17) is 0 Å². The van der Waals surface area contributed by atoms with Crippen molar-refractivity contribution in [3.63, 3.8) is 0 Å². The Kier molecular flexibility index (Phi) is 8.02. The normalized spacial score (nSPS) is 11.3. The third kappa shape index (κ3) is 6.61. The van der Waals surface area contributed by atoms with Crippen LogP contribution in [0.3, 0.4) is 0 Å². The van der Waals surface area contributed by atoms with Crippen molar-refractivity contribution in [3.05, 3.63) is 77.9 Å². The Bertz CT molecular complexity index is 683. The third-order valence-corrected chi connectivity index (χ3v) is 4.42. The van der Waals surface area contributed by atoms with Gasteiger partial charge in [-0.25, -0.2) is 0 Å². The fourth-order valence-corrected chi connectivity index (χ4v) is 3.27. The van der Waals surface area contributed by atoms with E-state index in [-0.39, 0.29) is 0 Å². The highest BCUT2D eigenvalue weighted by atomic mass is 15.3. The van der Waals surface area contributed by atoms with E-state index in [0.717, 1.165) is 23.1 Å². The highest BCUT2D eigenvalue weighted by molar-refractivity contribution is 5.48. The van der Waals surface area contributed by atoms with E-state index in [2.05, 4.69) is 80.3 Å². The molecule has 2 aromatic carbocycles. The first-order valence-corrected chi connectivity index (χ1v) is 9.38. The van der Waals surface area contributed by atoms with Crippen LogP contribution in [-0.2, 0) is 0 Å². The molecule has 0 atom stereocenters. The van der Waals surface area contributed by atoms with Crippen LogP contribution in [0.5, 0.6) is 0 Å². The van der Waals surface area contributed by atoms with Crippen molar-refractivity contribution in [2.75, 3.05) is 26.2 Å². The Labute approximate surface area is 153 Å². The van der Waals surface area contributed by atoms with E-state index in [9.17, 15) is 0 Å². The quantitative estimate of drug-likeness (QED) is 0.449. The summed E-state index contributed by atoms with van der Waals surface area (Å²) in [5, 5.41) is 0. The minimum absolute atomic E-state index is 0.912. The maximum Gasteiger partial charge on any atom is 0.141 e. The van der Waals surface area contributed by atoms with Gasteiger partial charge in [-0.2, -0.15) is 0 Å². The van der Waals surface area contributed by atoms with Crippen molar-refractivity contribution < 1.29 is 4.48 Å². The van der Waals surface area contributed by atoms with Crippen LogP contribution in [-0.4, -0.2) is 30.7 Å². The van der Waals surface area contributed by atoms with Gasteiger partial charge in [0.2, 0.25) is 0 Å². The Morgan fingerprint density at radius 2 is 1.44 bits per heavy atom. The van der Waals surface area contributed by atoms with E-state index >= 15 is 0 Å². The molecule has 0 unspecified atom stereocenters. The maximum absolute atomic E-state index is 3.45. The second-order valence-electron chi connectivity index (χ2n) is 6.61. The van der Waals surface area contributed by atoms with Gasteiger partial charge in [0.25, 0.3) is 0 Å². The Morgan fingerprint density at radius 3 is 2.04 bits per heavy atom. The maximum atomic E-state index is 3.45. The molecule has 0 saturated heterocycles. The second kappa shape index (κ2) is 10.5. The third-order valence-electron chi connectivity index (χ3n) is 4.42. The second-order valence-corrected chi connectivity index (χ2v) is 6.61. The summed E-state index contributed by atoms with van der Waals surface area (Å²) in [5.41, 5.74) is 2.37. The predicted molar refractivity (Wildman–Crippen MR) is 109 cm³/mol. The first-order valence-electron chi connectivity index (χ1n) is 9.38. The summed E-state index contributed by atoms with van der Waals surface area (Å²) in [7, 11) is 0. The molecule has 0 amide bonds. The van der Waals surface area contributed by atoms with Crippen molar-refractivity contribution in [2.24, 2.45) is 0 Å². The van der Waals surface area contributed by atoms with E-state index in [0.29, 0.717) is 0 Å². The van der Waals surface area contributed by atoms with Crippen LogP contribution in [0.4, 0.5) is 0 Å². The summed E-state index contributed by atoms with van der Waals surface area (Å²) < 4.78 is 1.05. The number of rotatable bonds is 8. The highest BCUT2D eigenvalue weighted by Crippen LogP contribution is 2.12. The predicted octanol–water partition coefficient (Wildman–Crippen LogP) is 5.39. The molecule has 25 heavy (non-hydrogen) atoms. The van der Waals surface area contributed by atoms with E-state index in [1.165, 1.54) is 31.5 Å². The Morgan fingerprint density at radius 1 is 0.840 bits per heavy atom. The SMILES string of the molecule is CCC[N+](CC#Cc1ccccc1)(C/C=C/c1ccccc1)CCC. The number of hydrogen-bond acceptors (Lipinski definition) is 0. The topological polar surface area (TPSA) is 0 Å². The Hall–Kier alpha value is -2.30. The molecule has 0 aliphatic rings. The van der Waals surface area contributed by atoms with Gasteiger partial charge >= 0.3 is 0 Å². The van der Waals surface area contributed by atoms with Crippen LogP contribution in [0.15, 0.2) is 66.7 Å². The highest BCUT2D eigenvalue weighted by Gasteiger charge is 2.22. The molecular weight excluding hydrogens is 302 g/mol. The first-order chi connectivity index (χ1) is 12.3. The van der Waals surface area contributed by atoms with Crippen molar-refractivity contribution in [2.45, 2.75) is 26.7 Å². The van der Waals surface area contributed by atoms with Crippen LogP contribution < -0.4 is 0 Å². The molecule has 0 spiro atoms. The molecule has 0 N–H and O–H groups in total. The van der Waals surface area contributed by atoms with Gasteiger partial charge in [-0.3, -0.25) is 0 Å². The average molecular weight is 333 g/mol. The summed E-state index contributed by atoms with van der Waals surface area (Å²) in [6, 6.07) is 20.8. The molecule has 2 aromatic rings.